The van der Waals surface area contributed by atoms with Crippen LogP contribution in [-0.2, 0) is 9.59 Å². The van der Waals surface area contributed by atoms with Gasteiger partial charge in [0.2, 0.25) is 5.88 Å². The lowest BCUT2D eigenvalue weighted by atomic mass is 9.83. The number of hydrogen-bond donors (Lipinski definition) is 1. The van der Waals surface area contributed by atoms with Crippen LogP contribution in [0.2, 0.25) is 0 Å². The summed E-state index contributed by atoms with van der Waals surface area (Å²) in [6, 6.07) is 13.1. The lowest BCUT2D eigenvalue weighted by molar-refractivity contribution is -0.122. The molecular weight excluding hydrogens is 362 g/mol. The number of carbonyl (C=O) groups is 2. The average Bonchev–Trinajstić information content (AvgIpc) is 2.68. The molecule has 0 spiro atoms. The van der Waals surface area contributed by atoms with Gasteiger partial charge in [0, 0.05) is 41.8 Å². The van der Waals surface area contributed by atoms with E-state index in [0.29, 0.717) is 17.3 Å². The Hall–Kier alpha value is -2.60. The first-order valence-electron chi connectivity index (χ1n) is 8.79. The Kier molecular flexibility index (Phi) is 5.96. The summed E-state index contributed by atoms with van der Waals surface area (Å²) in [6.07, 6.45) is 2.60. The van der Waals surface area contributed by atoms with Crippen molar-refractivity contribution in [1.29, 1.82) is 0 Å². The van der Waals surface area contributed by atoms with E-state index < -0.39 is 0 Å². The highest BCUT2D eigenvalue weighted by atomic mass is 32.2. The van der Waals surface area contributed by atoms with Gasteiger partial charge in [-0.05, 0) is 36.6 Å². The Labute approximate surface area is 162 Å². The minimum atomic E-state index is -0.323. The summed E-state index contributed by atoms with van der Waals surface area (Å²) in [4.78, 5) is 29.8. The molecule has 1 aliphatic carbocycles. The van der Waals surface area contributed by atoms with E-state index in [9.17, 15) is 14.7 Å². The van der Waals surface area contributed by atoms with E-state index in [4.69, 9.17) is 4.74 Å². The van der Waals surface area contributed by atoms with Gasteiger partial charge in [-0.1, -0.05) is 13.0 Å². The molecule has 1 N–H and O–H groups in total. The Morgan fingerprint density at radius 1 is 1.22 bits per heavy atom. The molecule has 1 unspecified atom stereocenters. The summed E-state index contributed by atoms with van der Waals surface area (Å²) in [5.74, 6) is 0.0646. The number of ketones is 2. The monoisotopic (exact) mass is 383 g/mol. The number of carbonyl (C=O) groups excluding carboxylic acids is 2. The van der Waals surface area contributed by atoms with Crippen LogP contribution in [0.15, 0.2) is 58.7 Å². The fourth-order valence-electron chi connectivity index (χ4n) is 3.08. The van der Waals surface area contributed by atoms with Crippen molar-refractivity contribution in [2.75, 3.05) is 6.26 Å². The second-order valence-corrected chi connectivity index (χ2v) is 7.18. The van der Waals surface area contributed by atoms with Gasteiger partial charge in [-0.3, -0.25) is 9.59 Å². The highest BCUT2D eigenvalue weighted by molar-refractivity contribution is 7.98. The fraction of sp³-hybridized carbons (Fsp3) is 0.286. The van der Waals surface area contributed by atoms with Crippen LogP contribution in [0.5, 0.6) is 11.6 Å². The number of ether oxygens (including phenoxy) is 1. The largest absolute Gasteiger partial charge is 0.511 e. The minimum absolute atomic E-state index is 0.0463. The number of aliphatic hydroxyl groups is 1. The van der Waals surface area contributed by atoms with Gasteiger partial charge in [0.1, 0.15) is 11.5 Å². The molecule has 1 heterocycles. The molecule has 0 bridgehead atoms. The highest BCUT2D eigenvalue weighted by Gasteiger charge is 2.32. The summed E-state index contributed by atoms with van der Waals surface area (Å²) >= 11 is 1.65. The summed E-state index contributed by atoms with van der Waals surface area (Å²) in [5.41, 5.74) is 0.617. The SMILES string of the molecule is CCC(=O)C1=C(O)CC(c2cccc(Oc3ccc(SC)cc3)n2)CC1=O. The molecule has 0 saturated carbocycles. The van der Waals surface area contributed by atoms with Crippen molar-refractivity contribution in [3.63, 3.8) is 0 Å². The van der Waals surface area contributed by atoms with Gasteiger partial charge in [-0.2, -0.15) is 0 Å². The van der Waals surface area contributed by atoms with Gasteiger partial charge in [0.05, 0.1) is 5.57 Å². The van der Waals surface area contributed by atoms with Crippen LogP contribution < -0.4 is 4.74 Å². The van der Waals surface area contributed by atoms with E-state index >= 15 is 0 Å². The molecule has 0 aliphatic heterocycles. The molecule has 0 fully saturated rings. The lowest BCUT2D eigenvalue weighted by Crippen LogP contribution is -2.23. The van der Waals surface area contributed by atoms with E-state index in [2.05, 4.69) is 4.98 Å². The molecule has 3 rings (SSSR count). The predicted molar refractivity (Wildman–Crippen MR) is 104 cm³/mol. The fourth-order valence-corrected chi connectivity index (χ4v) is 3.48. The molecule has 0 amide bonds. The van der Waals surface area contributed by atoms with Crippen LogP contribution in [0, 0.1) is 0 Å². The minimum Gasteiger partial charge on any atom is -0.511 e. The van der Waals surface area contributed by atoms with Crippen molar-refractivity contribution < 1.29 is 19.4 Å². The smallest absolute Gasteiger partial charge is 0.219 e. The first-order chi connectivity index (χ1) is 13.0. The molecule has 1 aromatic carbocycles. The van der Waals surface area contributed by atoms with Crippen molar-refractivity contribution in [1.82, 2.24) is 4.98 Å². The van der Waals surface area contributed by atoms with Crippen LogP contribution in [0.3, 0.4) is 0 Å². The second kappa shape index (κ2) is 8.39. The zero-order valence-corrected chi connectivity index (χ0v) is 16.1. The van der Waals surface area contributed by atoms with Gasteiger partial charge >= 0.3 is 0 Å². The van der Waals surface area contributed by atoms with Gasteiger partial charge in [-0.15, -0.1) is 11.8 Å². The molecule has 5 nitrogen and oxygen atoms in total. The molecule has 2 aromatic rings. The summed E-state index contributed by atoms with van der Waals surface area (Å²) < 4.78 is 5.81. The summed E-state index contributed by atoms with van der Waals surface area (Å²) in [5, 5.41) is 10.2. The average molecular weight is 383 g/mol. The predicted octanol–water partition coefficient (Wildman–Crippen LogP) is 4.83. The van der Waals surface area contributed by atoms with Crippen molar-refractivity contribution in [2.24, 2.45) is 0 Å². The number of Topliss-reactive ketones (excluding diaryl/α,β-unsaturated/α-hetero) is 2. The van der Waals surface area contributed by atoms with Gasteiger partial charge in [0.25, 0.3) is 0 Å². The first-order valence-corrected chi connectivity index (χ1v) is 10.0. The number of pyridine rings is 1. The number of benzene rings is 1. The maximum Gasteiger partial charge on any atom is 0.219 e. The lowest BCUT2D eigenvalue weighted by Gasteiger charge is -2.22. The third-order valence-electron chi connectivity index (χ3n) is 4.48. The number of rotatable bonds is 6. The van der Waals surface area contributed by atoms with Crippen LogP contribution in [0.1, 0.15) is 37.8 Å². The number of nitrogens with zero attached hydrogens (tertiary/aromatic N) is 1. The van der Waals surface area contributed by atoms with Crippen molar-refractivity contribution in [3.05, 3.63) is 59.5 Å². The Morgan fingerprint density at radius 3 is 2.59 bits per heavy atom. The van der Waals surface area contributed by atoms with Gasteiger partial charge in [0.15, 0.2) is 11.6 Å². The van der Waals surface area contributed by atoms with E-state index in [-0.39, 0.29) is 48.1 Å². The third kappa shape index (κ3) is 4.39. The van der Waals surface area contributed by atoms with Crippen molar-refractivity contribution in [3.8, 4) is 11.6 Å². The maximum absolute atomic E-state index is 12.3. The number of aliphatic hydroxyl groups excluding tert-OH is 1. The normalized spacial score (nSPS) is 17.1. The maximum atomic E-state index is 12.3. The molecule has 1 atom stereocenters. The summed E-state index contributed by atoms with van der Waals surface area (Å²) in [6.45, 7) is 1.68. The molecule has 1 aromatic heterocycles. The van der Waals surface area contributed by atoms with Crippen LogP contribution >= 0.6 is 11.8 Å². The second-order valence-electron chi connectivity index (χ2n) is 6.31. The zero-order chi connectivity index (χ0) is 19.4. The molecule has 0 saturated heterocycles. The van der Waals surface area contributed by atoms with Crippen molar-refractivity contribution >= 4 is 23.3 Å². The molecular formula is C21H21NO4S. The van der Waals surface area contributed by atoms with Crippen LogP contribution in [0.25, 0.3) is 0 Å². The van der Waals surface area contributed by atoms with E-state index in [0.717, 1.165) is 4.90 Å². The standard InChI is InChI=1S/C21H21NO4S/c1-3-17(23)21-18(24)11-13(12-19(21)25)16-5-4-6-20(22-16)26-14-7-9-15(27-2)10-8-14/h4-10,13,24H,3,11-12H2,1-2H3. The number of allylic oxidation sites excluding steroid dienone is 2. The Morgan fingerprint density at radius 2 is 1.96 bits per heavy atom. The first kappa shape index (κ1) is 19.2. The quantitative estimate of drug-likeness (QED) is 0.568. The highest BCUT2D eigenvalue weighted by Crippen LogP contribution is 2.34. The van der Waals surface area contributed by atoms with Gasteiger partial charge in [-0.25, -0.2) is 4.98 Å². The third-order valence-corrected chi connectivity index (χ3v) is 5.23. The molecule has 27 heavy (non-hydrogen) atoms. The topological polar surface area (TPSA) is 76.5 Å². The Bertz CT molecular complexity index is 889. The zero-order valence-electron chi connectivity index (χ0n) is 15.3. The molecule has 140 valence electrons. The van der Waals surface area contributed by atoms with Crippen LogP contribution in [-0.4, -0.2) is 27.9 Å². The number of hydrogen-bond acceptors (Lipinski definition) is 6. The number of thioether (sulfide) groups is 1. The Balaban J connectivity index is 1.78. The van der Waals surface area contributed by atoms with Crippen LogP contribution in [0.4, 0.5) is 0 Å². The summed E-state index contributed by atoms with van der Waals surface area (Å²) in [7, 11) is 0. The van der Waals surface area contributed by atoms with Gasteiger partial charge < -0.3 is 9.84 Å². The van der Waals surface area contributed by atoms with E-state index in [1.807, 2.05) is 42.7 Å². The van der Waals surface area contributed by atoms with E-state index in [1.54, 1.807) is 24.8 Å². The number of aromatic nitrogens is 1. The molecule has 1 aliphatic rings. The van der Waals surface area contributed by atoms with Crippen molar-refractivity contribution in [2.45, 2.75) is 37.0 Å². The molecule has 6 heteroatoms. The van der Waals surface area contributed by atoms with E-state index in [1.165, 1.54) is 0 Å². The molecule has 0 radical (unpaired) electrons.